The number of rotatable bonds is 10. The molecule has 4 aromatic rings. The number of benzene rings is 3. The van der Waals surface area contributed by atoms with Crippen LogP contribution in [0.4, 0.5) is 0 Å². The molecule has 35 heavy (non-hydrogen) atoms. The Hall–Kier alpha value is -3.58. The number of nitrogens with zero attached hydrogens (tertiary/aromatic N) is 4. The Morgan fingerprint density at radius 3 is 2.06 bits per heavy atom. The highest BCUT2D eigenvalue weighted by molar-refractivity contribution is 8.00. The SMILES string of the molecule is CCn1c(S[C@H](C)C(=O)N(Cc2ccccc2)Cc2ccccc2)nnc1-c1ccccc1OC. The van der Waals surface area contributed by atoms with E-state index in [1.54, 1.807) is 7.11 Å². The highest BCUT2D eigenvalue weighted by atomic mass is 32.2. The van der Waals surface area contributed by atoms with Crippen LogP contribution < -0.4 is 4.74 Å². The summed E-state index contributed by atoms with van der Waals surface area (Å²) in [6.07, 6.45) is 0. The molecule has 0 aliphatic heterocycles. The van der Waals surface area contributed by atoms with Crippen LogP contribution in [0.5, 0.6) is 5.75 Å². The Kier molecular flexibility index (Phi) is 8.21. The molecule has 1 amide bonds. The van der Waals surface area contributed by atoms with Crippen LogP contribution in [-0.4, -0.2) is 37.9 Å². The average Bonchev–Trinajstić information content (AvgIpc) is 3.31. The van der Waals surface area contributed by atoms with E-state index >= 15 is 0 Å². The van der Waals surface area contributed by atoms with Crippen molar-refractivity contribution >= 4 is 17.7 Å². The summed E-state index contributed by atoms with van der Waals surface area (Å²) in [6.45, 7) is 5.77. The van der Waals surface area contributed by atoms with E-state index in [0.29, 0.717) is 24.8 Å². The first-order chi connectivity index (χ1) is 17.1. The zero-order chi connectivity index (χ0) is 24.6. The van der Waals surface area contributed by atoms with Crippen LogP contribution in [0.3, 0.4) is 0 Å². The fourth-order valence-corrected chi connectivity index (χ4v) is 4.97. The van der Waals surface area contributed by atoms with Crippen molar-refractivity contribution in [3.63, 3.8) is 0 Å². The van der Waals surface area contributed by atoms with E-state index in [0.717, 1.165) is 28.3 Å². The highest BCUT2D eigenvalue weighted by Crippen LogP contribution is 2.32. The Morgan fingerprint density at radius 2 is 1.49 bits per heavy atom. The molecule has 0 aliphatic rings. The minimum Gasteiger partial charge on any atom is -0.496 e. The van der Waals surface area contributed by atoms with Gasteiger partial charge in [-0.1, -0.05) is 84.6 Å². The van der Waals surface area contributed by atoms with Crippen molar-refractivity contribution in [3.8, 4) is 17.1 Å². The summed E-state index contributed by atoms with van der Waals surface area (Å²) in [6, 6.07) is 28.0. The second kappa shape index (κ2) is 11.7. The number of methoxy groups -OCH3 is 1. The van der Waals surface area contributed by atoms with Gasteiger partial charge >= 0.3 is 0 Å². The van der Waals surface area contributed by atoms with Gasteiger partial charge in [-0.3, -0.25) is 4.79 Å². The Morgan fingerprint density at radius 1 is 0.914 bits per heavy atom. The van der Waals surface area contributed by atoms with E-state index in [1.165, 1.54) is 11.8 Å². The Labute approximate surface area is 211 Å². The van der Waals surface area contributed by atoms with Crippen molar-refractivity contribution < 1.29 is 9.53 Å². The van der Waals surface area contributed by atoms with E-state index in [9.17, 15) is 4.79 Å². The lowest BCUT2D eigenvalue weighted by Crippen LogP contribution is -2.35. The molecule has 3 aromatic carbocycles. The third kappa shape index (κ3) is 5.92. The molecule has 6 nitrogen and oxygen atoms in total. The third-order valence-electron chi connectivity index (χ3n) is 5.76. The normalized spacial score (nSPS) is 11.7. The molecule has 0 radical (unpaired) electrons. The molecule has 0 saturated carbocycles. The summed E-state index contributed by atoms with van der Waals surface area (Å²) in [7, 11) is 1.65. The molecule has 180 valence electrons. The molecule has 0 aliphatic carbocycles. The van der Waals surface area contributed by atoms with Crippen molar-refractivity contribution in [2.24, 2.45) is 0 Å². The van der Waals surface area contributed by atoms with Gasteiger partial charge in [0.2, 0.25) is 5.91 Å². The lowest BCUT2D eigenvalue weighted by atomic mass is 10.1. The number of aromatic nitrogens is 3. The second-order valence-corrected chi connectivity index (χ2v) is 9.48. The van der Waals surface area contributed by atoms with Gasteiger partial charge in [0.25, 0.3) is 0 Å². The van der Waals surface area contributed by atoms with Crippen molar-refractivity contribution in [1.29, 1.82) is 0 Å². The number of hydrogen-bond donors (Lipinski definition) is 0. The number of para-hydroxylation sites is 1. The molecule has 7 heteroatoms. The van der Waals surface area contributed by atoms with Gasteiger partial charge in [-0.2, -0.15) is 0 Å². The van der Waals surface area contributed by atoms with Gasteiger partial charge in [-0.05, 0) is 37.1 Å². The quantitative estimate of drug-likeness (QED) is 0.270. The van der Waals surface area contributed by atoms with Gasteiger partial charge in [0.1, 0.15) is 5.75 Å². The minimum absolute atomic E-state index is 0.0622. The molecular weight excluding hydrogens is 456 g/mol. The molecular formula is C28H30N4O2S. The van der Waals surface area contributed by atoms with Crippen LogP contribution in [0, 0.1) is 0 Å². The van der Waals surface area contributed by atoms with Crippen LogP contribution >= 0.6 is 11.8 Å². The Balaban J connectivity index is 1.56. The molecule has 1 atom stereocenters. The van der Waals surface area contributed by atoms with Gasteiger partial charge < -0.3 is 14.2 Å². The number of thioether (sulfide) groups is 1. The lowest BCUT2D eigenvalue weighted by molar-refractivity contribution is -0.131. The van der Waals surface area contributed by atoms with Gasteiger partial charge in [0.05, 0.1) is 17.9 Å². The summed E-state index contributed by atoms with van der Waals surface area (Å²) in [4.78, 5) is 15.6. The fourth-order valence-electron chi connectivity index (χ4n) is 3.97. The van der Waals surface area contributed by atoms with Crippen molar-refractivity contribution in [1.82, 2.24) is 19.7 Å². The lowest BCUT2D eigenvalue weighted by Gasteiger charge is -2.26. The number of carbonyl (C=O) groups is 1. The predicted molar refractivity (Wildman–Crippen MR) is 140 cm³/mol. The van der Waals surface area contributed by atoms with Crippen LogP contribution in [-0.2, 0) is 24.4 Å². The molecule has 0 unspecified atom stereocenters. The number of amides is 1. The molecule has 1 aromatic heterocycles. The van der Waals surface area contributed by atoms with Crippen LogP contribution in [0.15, 0.2) is 90.1 Å². The maximum atomic E-state index is 13.7. The highest BCUT2D eigenvalue weighted by Gasteiger charge is 2.25. The van der Waals surface area contributed by atoms with E-state index in [1.807, 2.05) is 77.1 Å². The first-order valence-corrected chi connectivity index (χ1v) is 12.6. The van der Waals surface area contributed by atoms with Crippen molar-refractivity contribution in [3.05, 3.63) is 96.1 Å². The first-order valence-electron chi connectivity index (χ1n) is 11.7. The molecule has 0 saturated heterocycles. The molecule has 1 heterocycles. The topological polar surface area (TPSA) is 60.2 Å². The number of hydrogen-bond acceptors (Lipinski definition) is 5. The van der Waals surface area contributed by atoms with Crippen molar-refractivity contribution in [2.75, 3.05) is 7.11 Å². The van der Waals surface area contributed by atoms with E-state index in [2.05, 4.69) is 41.4 Å². The number of carbonyl (C=O) groups excluding carboxylic acids is 1. The minimum atomic E-state index is -0.331. The smallest absolute Gasteiger partial charge is 0.236 e. The van der Waals surface area contributed by atoms with E-state index < -0.39 is 0 Å². The summed E-state index contributed by atoms with van der Waals surface area (Å²) in [5.74, 6) is 1.54. The van der Waals surface area contributed by atoms with Gasteiger partial charge in [0, 0.05) is 19.6 Å². The summed E-state index contributed by atoms with van der Waals surface area (Å²) in [5, 5.41) is 9.27. The molecule has 0 spiro atoms. The third-order valence-corrected chi connectivity index (χ3v) is 6.82. The monoisotopic (exact) mass is 486 g/mol. The van der Waals surface area contributed by atoms with E-state index in [-0.39, 0.29) is 11.2 Å². The molecule has 4 rings (SSSR count). The summed E-state index contributed by atoms with van der Waals surface area (Å²) >= 11 is 1.44. The molecule has 0 N–H and O–H groups in total. The fraction of sp³-hybridized carbons (Fsp3) is 0.250. The largest absolute Gasteiger partial charge is 0.496 e. The molecule has 0 bridgehead atoms. The zero-order valence-electron chi connectivity index (χ0n) is 20.3. The standard InChI is InChI=1S/C28H30N4O2S/c1-4-32-26(24-17-11-12-18-25(24)34-3)29-30-28(32)35-21(2)27(33)31(19-22-13-7-5-8-14-22)20-23-15-9-6-10-16-23/h5-18,21H,4,19-20H2,1-3H3/t21-/m1/s1. The van der Waals surface area contributed by atoms with Crippen molar-refractivity contribution in [2.45, 2.75) is 43.9 Å². The van der Waals surface area contributed by atoms with Crippen LogP contribution in [0.2, 0.25) is 0 Å². The maximum Gasteiger partial charge on any atom is 0.236 e. The number of ether oxygens (including phenoxy) is 1. The first kappa shape index (κ1) is 24.5. The summed E-state index contributed by atoms with van der Waals surface area (Å²) < 4.78 is 7.56. The Bertz CT molecular complexity index is 1200. The molecule has 0 fully saturated rings. The van der Waals surface area contributed by atoms with Gasteiger partial charge in [-0.15, -0.1) is 10.2 Å². The second-order valence-electron chi connectivity index (χ2n) is 8.18. The van der Waals surface area contributed by atoms with Gasteiger partial charge in [0.15, 0.2) is 11.0 Å². The predicted octanol–water partition coefficient (Wildman–Crippen LogP) is 5.68. The van der Waals surface area contributed by atoms with Gasteiger partial charge in [-0.25, -0.2) is 0 Å². The maximum absolute atomic E-state index is 13.7. The van der Waals surface area contributed by atoms with E-state index in [4.69, 9.17) is 4.74 Å². The van der Waals surface area contributed by atoms with Crippen LogP contribution in [0.1, 0.15) is 25.0 Å². The average molecular weight is 487 g/mol. The zero-order valence-corrected chi connectivity index (χ0v) is 21.1. The summed E-state index contributed by atoms with van der Waals surface area (Å²) in [5.41, 5.74) is 3.08. The van der Waals surface area contributed by atoms with Crippen LogP contribution in [0.25, 0.3) is 11.4 Å².